The van der Waals surface area contributed by atoms with Crippen LogP contribution in [0.25, 0.3) is 11.1 Å². The maximum absolute atomic E-state index is 14.5. The molecule has 0 unspecified atom stereocenters. The molecule has 0 aliphatic heterocycles. The molecule has 0 spiro atoms. The fourth-order valence-corrected chi connectivity index (χ4v) is 3.04. The quantitative estimate of drug-likeness (QED) is 0.422. The average Bonchev–Trinajstić information content (AvgIpc) is 2.77. The van der Waals surface area contributed by atoms with Gasteiger partial charge in [0.2, 0.25) is 11.9 Å². The van der Waals surface area contributed by atoms with Gasteiger partial charge in [-0.2, -0.15) is 4.39 Å². The van der Waals surface area contributed by atoms with Crippen LogP contribution in [0.15, 0.2) is 54.9 Å². The minimum atomic E-state index is -0.578. The zero-order valence-electron chi connectivity index (χ0n) is 16.7. The third-order valence-corrected chi connectivity index (χ3v) is 4.83. The molecule has 0 bridgehead atoms. The molecule has 2 aromatic heterocycles. The number of hydrogen-bond donors (Lipinski definition) is 0. The predicted octanol–water partition coefficient (Wildman–Crippen LogP) is 4.61. The van der Waals surface area contributed by atoms with Crippen molar-refractivity contribution in [3.05, 3.63) is 77.9 Å². The lowest BCUT2D eigenvalue weighted by molar-refractivity contribution is -0.118. The van der Waals surface area contributed by atoms with Crippen molar-refractivity contribution in [3.8, 4) is 11.1 Å². The van der Waals surface area contributed by atoms with Gasteiger partial charge in [0.15, 0.2) is 5.78 Å². The van der Waals surface area contributed by atoms with Gasteiger partial charge in [-0.05, 0) is 36.2 Å². The lowest BCUT2D eigenvalue weighted by Crippen LogP contribution is -2.25. The highest BCUT2D eigenvalue weighted by Crippen LogP contribution is 2.26. The van der Waals surface area contributed by atoms with Crippen molar-refractivity contribution in [2.24, 2.45) is 0 Å². The van der Waals surface area contributed by atoms with E-state index in [2.05, 4.69) is 9.97 Å². The Labute approximate surface area is 173 Å². The second kappa shape index (κ2) is 9.35. The van der Waals surface area contributed by atoms with Crippen LogP contribution in [0.3, 0.4) is 0 Å². The van der Waals surface area contributed by atoms with Crippen molar-refractivity contribution in [2.75, 3.05) is 11.9 Å². The summed E-state index contributed by atoms with van der Waals surface area (Å²) in [6.45, 7) is 1.72. The largest absolute Gasteiger partial charge is 0.313 e. The van der Waals surface area contributed by atoms with Crippen LogP contribution in [0.2, 0.25) is 0 Å². The van der Waals surface area contributed by atoms with Crippen molar-refractivity contribution >= 4 is 17.4 Å². The van der Waals surface area contributed by atoms with Crippen LogP contribution in [-0.4, -0.2) is 28.7 Å². The van der Waals surface area contributed by atoms with E-state index in [1.165, 1.54) is 30.4 Å². The molecular weight excluding hydrogens is 388 g/mol. The SMILES string of the molecule is CCC(=O)N(C)c1ccc(-c2ccc(C(=O)CCc3cccnc3F)nc2)cc1F. The summed E-state index contributed by atoms with van der Waals surface area (Å²) < 4.78 is 28.0. The Morgan fingerprint density at radius 1 is 1.03 bits per heavy atom. The van der Waals surface area contributed by atoms with Gasteiger partial charge in [0.25, 0.3) is 0 Å². The number of carbonyl (C=O) groups is 2. The van der Waals surface area contributed by atoms with Crippen LogP contribution >= 0.6 is 0 Å². The number of aromatic nitrogens is 2. The summed E-state index contributed by atoms with van der Waals surface area (Å²) in [5.74, 6) is -1.50. The number of carbonyl (C=O) groups excluding carboxylic acids is 2. The number of Topliss-reactive ketones (excluding diaryl/α,β-unsaturated/α-hetero) is 1. The van der Waals surface area contributed by atoms with Crippen molar-refractivity contribution < 1.29 is 18.4 Å². The maximum atomic E-state index is 14.5. The normalized spacial score (nSPS) is 10.7. The van der Waals surface area contributed by atoms with Gasteiger partial charge in [0.1, 0.15) is 11.5 Å². The number of amides is 1. The van der Waals surface area contributed by atoms with E-state index in [1.54, 1.807) is 43.3 Å². The fraction of sp³-hybridized carbons (Fsp3) is 0.217. The first-order valence-electron chi connectivity index (χ1n) is 9.55. The van der Waals surface area contributed by atoms with E-state index in [0.29, 0.717) is 16.7 Å². The van der Waals surface area contributed by atoms with E-state index < -0.39 is 11.8 Å². The molecule has 154 valence electrons. The number of pyridine rings is 2. The Kier molecular flexibility index (Phi) is 6.61. The zero-order chi connectivity index (χ0) is 21.7. The summed E-state index contributed by atoms with van der Waals surface area (Å²) in [5, 5.41) is 0. The van der Waals surface area contributed by atoms with Gasteiger partial charge in [0, 0.05) is 43.4 Å². The lowest BCUT2D eigenvalue weighted by atomic mass is 10.0. The first kappa shape index (κ1) is 21.2. The van der Waals surface area contributed by atoms with E-state index in [0.717, 1.165) is 0 Å². The molecule has 1 aromatic carbocycles. The smallest absolute Gasteiger partial charge is 0.226 e. The average molecular weight is 409 g/mol. The van der Waals surface area contributed by atoms with Gasteiger partial charge in [-0.15, -0.1) is 0 Å². The molecule has 3 rings (SSSR count). The van der Waals surface area contributed by atoms with Crippen LogP contribution in [0, 0.1) is 11.8 Å². The van der Waals surface area contributed by atoms with E-state index in [9.17, 15) is 18.4 Å². The van der Waals surface area contributed by atoms with Gasteiger partial charge < -0.3 is 4.90 Å². The number of nitrogens with zero attached hydrogens (tertiary/aromatic N) is 3. The summed E-state index contributed by atoms with van der Waals surface area (Å²) in [6, 6.07) is 11.0. The number of benzene rings is 1. The molecule has 30 heavy (non-hydrogen) atoms. The molecule has 7 heteroatoms. The molecular formula is C23H21F2N3O2. The summed E-state index contributed by atoms with van der Waals surface area (Å²) in [5.41, 5.74) is 2.06. The zero-order valence-corrected chi connectivity index (χ0v) is 16.7. The van der Waals surface area contributed by atoms with Gasteiger partial charge >= 0.3 is 0 Å². The third-order valence-electron chi connectivity index (χ3n) is 4.83. The Balaban J connectivity index is 1.71. The number of anilines is 1. The van der Waals surface area contributed by atoms with Crippen molar-refractivity contribution in [1.82, 2.24) is 9.97 Å². The van der Waals surface area contributed by atoms with Crippen LogP contribution in [0.4, 0.5) is 14.5 Å². The van der Waals surface area contributed by atoms with E-state index in [1.807, 2.05) is 0 Å². The number of rotatable bonds is 7. The van der Waals surface area contributed by atoms with E-state index in [-0.39, 0.29) is 42.3 Å². The topological polar surface area (TPSA) is 63.2 Å². The lowest BCUT2D eigenvalue weighted by Gasteiger charge is -2.17. The van der Waals surface area contributed by atoms with E-state index in [4.69, 9.17) is 0 Å². The van der Waals surface area contributed by atoms with Crippen LogP contribution < -0.4 is 4.90 Å². The minimum Gasteiger partial charge on any atom is -0.313 e. The maximum Gasteiger partial charge on any atom is 0.226 e. The first-order valence-corrected chi connectivity index (χ1v) is 9.55. The number of aryl methyl sites for hydroxylation is 1. The monoisotopic (exact) mass is 409 g/mol. The Morgan fingerprint density at radius 3 is 2.43 bits per heavy atom. The van der Waals surface area contributed by atoms with Gasteiger partial charge in [-0.25, -0.2) is 9.37 Å². The van der Waals surface area contributed by atoms with Crippen molar-refractivity contribution in [1.29, 1.82) is 0 Å². The summed E-state index contributed by atoms with van der Waals surface area (Å²) in [7, 11) is 1.53. The van der Waals surface area contributed by atoms with Gasteiger partial charge in [-0.1, -0.05) is 25.1 Å². The fourth-order valence-electron chi connectivity index (χ4n) is 3.04. The van der Waals surface area contributed by atoms with Crippen molar-refractivity contribution in [2.45, 2.75) is 26.2 Å². The molecule has 2 heterocycles. The minimum absolute atomic E-state index is 0.107. The highest BCUT2D eigenvalue weighted by molar-refractivity contribution is 5.95. The van der Waals surface area contributed by atoms with E-state index >= 15 is 0 Å². The second-order valence-electron chi connectivity index (χ2n) is 6.78. The van der Waals surface area contributed by atoms with Gasteiger partial charge in [-0.3, -0.25) is 14.6 Å². The highest BCUT2D eigenvalue weighted by atomic mass is 19.1. The Hall–Kier alpha value is -3.48. The molecule has 0 saturated carbocycles. The van der Waals surface area contributed by atoms with Crippen LogP contribution in [-0.2, 0) is 11.2 Å². The molecule has 5 nitrogen and oxygen atoms in total. The Bertz CT molecular complexity index is 1070. The molecule has 0 fully saturated rings. The molecule has 0 radical (unpaired) electrons. The number of hydrogen-bond acceptors (Lipinski definition) is 4. The second-order valence-corrected chi connectivity index (χ2v) is 6.78. The predicted molar refractivity (Wildman–Crippen MR) is 110 cm³/mol. The molecule has 0 atom stereocenters. The first-order chi connectivity index (χ1) is 14.4. The molecule has 1 amide bonds. The molecule has 0 saturated heterocycles. The number of halogens is 2. The molecule has 0 aliphatic carbocycles. The summed E-state index contributed by atoms with van der Waals surface area (Å²) >= 11 is 0. The number of ketones is 1. The van der Waals surface area contributed by atoms with Crippen molar-refractivity contribution in [3.63, 3.8) is 0 Å². The molecule has 3 aromatic rings. The Morgan fingerprint density at radius 2 is 1.80 bits per heavy atom. The van der Waals surface area contributed by atoms with Crippen LogP contribution in [0.1, 0.15) is 35.8 Å². The summed E-state index contributed by atoms with van der Waals surface area (Å²) in [4.78, 5) is 33.1. The highest BCUT2D eigenvalue weighted by Gasteiger charge is 2.15. The van der Waals surface area contributed by atoms with Gasteiger partial charge in [0.05, 0.1) is 5.69 Å². The third kappa shape index (κ3) is 4.74. The molecule has 0 aliphatic rings. The molecule has 0 N–H and O–H groups in total. The summed E-state index contributed by atoms with van der Waals surface area (Å²) in [6.07, 6.45) is 3.47. The van der Waals surface area contributed by atoms with Crippen LogP contribution in [0.5, 0.6) is 0 Å². The standard InChI is InChI=1S/C23H21F2N3O2/c1-3-22(30)28(2)20-10-7-16(13-18(20)24)17-6-9-19(27-14-17)21(29)11-8-15-5-4-12-26-23(15)25/h4-7,9-10,12-14H,3,8,11H2,1-2H3.